The van der Waals surface area contributed by atoms with Gasteiger partial charge in [0.2, 0.25) is 5.88 Å². The Morgan fingerprint density at radius 1 is 1.41 bits per heavy atom. The molecule has 0 spiro atoms. The van der Waals surface area contributed by atoms with E-state index in [9.17, 15) is 0 Å². The molecule has 90 valence electrons. The van der Waals surface area contributed by atoms with Crippen LogP contribution < -0.4 is 10.5 Å². The topological polar surface area (TPSA) is 66.0 Å². The third-order valence-corrected chi connectivity index (χ3v) is 2.72. The van der Waals surface area contributed by atoms with Crippen molar-refractivity contribution in [3.8, 4) is 5.88 Å². The summed E-state index contributed by atoms with van der Waals surface area (Å²) in [6.07, 6.45) is 6.02. The van der Waals surface area contributed by atoms with Crippen LogP contribution in [0.3, 0.4) is 0 Å². The van der Waals surface area contributed by atoms with Crippen molar-refractivity contribution in [3.05, 3.63) is 42.1 Å². The SMILES string of the molecule is COc1ncccc1C(N)Cc1nccn1C. The van der Waals surface area contributed by atoms with Gasteiger partial charge in [-0.3, -0.25) is 0 Å². The van der Waals surface area contributed by atoms with Gasteiger partial charge in [-0.25, -0.2) is 9.97 Å². The van der Waals surface area contributed by atoms with Crippen LogP contribution in [-0.4, -0.2) is 21.6 Å². The van der Waals surface area contributed by atoms with Gasteiger partial charge in [0.05, 0.1) is 7.11 Å². The second-order valence-corrected chi connectivity index (χ2v) is 3.87. The van der Waals surface area contributed by atoms with Gasteiger partial charge in [-0.1, -0.05) is 6.07 Å². The summed E-state index contributed by atoms with van der Waals surface area (Å²) in [6.45, 7) is 0. The molecular weight excluding hydrogens is 216 g/mol. The van der Waals surface area contributed by atoms with Gasteiger partial charge in [-0.05, 0) is 6.07 Å². The number of aryl methyl sites for hydroxylation is 1. The maximum Gasteiger partial charge on any atom is 0.217 e. The largest absolute Gasteiger partial charge is 0.481 e. The third-order valence-electron chi connectivity index (χ3n) is 2.72. The van der Waals surface area contributed by atoms with Crippen molar-refractivity contribution in [3.63, 3.8) is 0 Å². The summed E-state index contributed by atoms with van der Waals surface area (Å²) in [6, 6.07) is 3.62. The van der Waals surface area contributed by atoms with Crippen LogP contribution >= 0.6 is 0 Å². The summed E-state index contributed by atoms with van der Waals surface area (Å²) >= 11 is 0. The zero-order valence-electron chi connectivity index (χ0n) is 10.00. The van der Waals surface area contributed by atoms with Crippen molar-refractivity contribution in [2.24, 2.45) is 12.8 Å². The van der Waals surface area contributed by atoms with E-state index in [4.69, 9.17) is 10.5 Å². The number of aromatic nitrogens is 3. The molecule has 0 fully saturated rings. The number of nitrogens with two attached hydrogens (primary N) is 1. The molecule has 1 atom stereocenters. The second kappa shape index (κ2) is 4.97. The Bertz CT molecular complexity index is 495. The molecule has 0 saturated heterocycles. The van der Waals surface area contributed by atoms with Crippen molar-refractivity contribution in [1.82, 2.24) is 14.5 Å². The van der Waals surface area contributed by atoms with Gasteiger partial charge in [0.25, 0.3) is 0 Å². The molecule has 0 aliphatic heterocycles. The average molecular weight is 232 g/mol. The van der Waals surface area contributed by atoms with Gasteiger partial charge in [0.15, 0.2) is 0 Å². The minimum atomic E-state index is -0.167. The molecule has 2 rings (SSSR count). The quantitative estimate of drug-likeness (QED) is 0.856. The predicted octanol–water partition coefficient (Wildman–Crippen LogP) is 1.07. The Morgan fingerprint density at radius 3 is 2.88 bits per heavy atom. The van der Waals surface area contributed by atoms with E-state index in [1.54, 1.807) is 19.5 Å². The molecule has 0 aliphatic carbocycles. The van der Waals surface area contributed by atoms with E-state index in [1.165, 1.54) is 0 Å². The van der Waals surface area contributed by atoms with E-state index in [2.05, 4.69) is 9.97 Å². The molecule has 5 nitrogen and oxygen atoms in total. The number of ether oxygens (including phenoxy) is 1. The summed E-state index contributed by atoms with van der Waals surface area (Å²) in [5, 5.41) is 0. The first-order valence-electron chi connectivity index (χ1n) is 5.43. The molecule has 17 heavy (non-hydrogen) atoms. The number of methoxy groups -OCH3 is 1. The smallest absolute Gasteiger partial charge is 0.217 e. The van der Waals surface area contributed by atoms with Crippen LogP contribution in [-0.2, 0) is 13.5 Å². The van der Waals surface area contributed by atoms with Crippen molar-refractivity contribution in [2.45, 2.75) is 12.5 Å². The second-order valence-electron chi connectivity index (χ2n) is 3.87. The fourth-order valence-corrected chi connectivity index (χ4v) is 1.76. The third kappa shape index (κ3) is 2.45. The van der Waals surface area contributed by atoms with E-state index in [-0.39, 0.29) is 6.04 Å². The van der Waals surface area contributed by atoms with Crippen LogP contribution in [0, 0.1) is 0 Å². The van der Waals surface area contributed by atoms with Gasteiger partial charge < -0.3 is 15.0 Å². The number of hydrogen-bond acceptors (Lipinski definition) is 4. The number of nitrogens with zero attached hydrogens (tertiary/aromatic N) is 3. The van der Waals surface area contributed by atoms with E-state index >= 15 is 0 Å². The molecule has 0 amide bonds. The number of pyridine rings is 1. The molecule has 0 saturated carbocycles. The van der Waals surface area contributed by atoms with Crippen molar-refractivity contribution in [1.29, 1.82) is 0 Å². The molecule has 0 bridgehead atoms. The molecule has 0 aliphatic rings. The highest BCUT2D eigenvalue weighted by molar-refractivity contribution is 5.29. The predicted molar refractivity (Wildman–Crippen MR) is 64.6 cm³/mol. The lowest BCUT2D eigenvalue weighted by molar-refractivity contribution is 0.388. The molecule has 2 N–H and O–H groups in total. The Morgan fingerprint density at radius 2 is 2.24 bits per heavy atom. The van der Waals surface area contributed by atoms with Crippen molar-refractivity contribution < 1.29 is 4.74 Å². The van der Waals surface area contributed by atoms with Gasteiger partial charge in [0, 0.05) is 43.7 Å². The van der Waals surface area contributed by atoms with E-state index in [0.717, 1.165) is 11.4 Å². The standard InChI is InChI=1S/C12H16N4O/c1-16-7-6-14-11(16)8-10(13)9-4-3-5-15-12(9)17-2/h3-7,10H,8,13H2,1-2H3. The van der Waals surface area contributed by atoms with E-state index in [1.807, 2.05) is 29.9 Å². The highest BCUT2D eigenvalue weighted by Gasteiger charge is 2.14. The number of imidazole rings is 1. The first-order valence-corrected chi connectivity index (χ1v) is 5.43. The van der Waals surface area contributed by atoms with Crippen LogP contribution in [0.25, 0.3) is 0 Å². The van der Waals surface area contributed by atoms with E-state index < -0.39 is 0 Å². The Labute approximate surface area is 100 Å². The molecule has 0 radical (unpaired) electrons. The lowest BCUT2D eigenvalue weighted by Crippen LogP contribution is -2.17. The first-order chi connectivity index (χ1) is 8.22. The lowest BCUT2D eigenvalue weighted by atomic mass is 10.1. The molecule has 2 heterocycles. The summed E-state index contributed by atoms with van der Waals surface area (Å²) in [5.74, 6) is 1.53. The van der Waals surface area contributed by atoms with Gasteiger partial charge >= 0.3 is 0 Å². The Hall–Kier alpha value is -1.88. The zero-order valence-corrected chi connectivity index (χ0v) is 10.00. The van der Waals surface area contributed by atoms with Crippen molar-refractivity contribution in [2.75, 3.05) is 7.11 Å². The lowest BCUT2D eigenvalue weighted by Gasteiger charge is -2.14. The summed E-state index contributed by atoms with van der Waals surface area (Å²) in [5.41, 5.74) is 7.06. The maximum absolute atomic E-state index is 6.16. The minimum Gasteiger partial charge on any atom is -0.481 e. The van der Waals surface area contributed by atoms with Crippen LogP contribution in [0.15, 0.2) is 30.7 Å². The van der Waals surface area contributed by atoms with Gasteiger partial charge in [-0.15, -0.1) is 0 Å². The molecule has 2 aromatic heterocycles. The number of hydrogen-bond donors (Lipinski definition) is 1. The zero-order chi connectivity index (χ0) is 12.3. The molecule has 0 aromatic carbocycles. The van der Waals surface area contributed by atoms with Gasteiger partial charge in [0.1, 0.15) is 5.82 Å². The molecule has 1 unspecified atom stereocenters. The normalized spacial score (nSPS) is 12.4. The molecular formula is C12H16N4O. The van der Waals surface area contributed by atoms with Crippen LogP contribution in [0.2, 0.25) is 0 Å². The van der Waals surface area contributed by atoms with Crippen LogP contribution in [0.5, 0.6) is 5.88 Å². The monoisotopic (exact) mass is 232 g/mol. The summed E-state index contributed by atoms with van der Waals surface area (Å²) in [4.78, 5) is 8.40. The first kappa shape index (κ1) is 11.6. The molecule has 5 heteroatoms. The summed E-state index contributed by atoms with van der Waals surface area (Å²) in [7, 11) is 3.55. The van der Waals surface area contributed by atoms with Crippen molar-refractivity contribution >= 4 is 0 Å². The van der Waals surface area contributed by atoms with Gasteiger partial charge in [-0.2, -0.15) is 0 Å². The van der Waals surface area contributed by atoms with Crippen LogP contribution in [0.4, 0.5) is 0 Å². The highest BCUT2D eigenvalue weighted by atomic mass is 16.5. The molecule has 2 aromatic rings. The highest BCUT2D eigenvalue weighted by Crippen LogP contribution is 2.22. The minimum absolute atomic E-state index is 0.167. The average Bonchev–Trinajstić information content (AvgIpc) is 2.75. The van der Waals surface area contributed by atoms with E-state index in [0.29, 0.717) is 12.3 Å². The van der Waals surface area contributed by atoms with Crippen LogP contribution in [0.1, 0.15) is 17.4 Å². The number of rotatable bonds is 4. The fraction of sp³-hybridized carbons (Fsp3) is 0.333. The maximum atomic E-state index is 6.16. The summed E-state index contributed by atoms with van der Waals surface area (Å²) < 4.78 is 7.16. The fourth-order valence-electron chi connectivity index (χ4n) is 1.76. The Kier molecular flexibility index (Phi) is 3.39. The Balaban J connectivity index is 2.20.